The third-order valence-electron chi connectivity index (χ3n) is 4.11. The number of urea groups is 1. The van der Waals surface area contributed by atoms with E-state index in [4.69, 9.17) is 16.3 Å². The van der Waals surface area contributed by atoms with Gasteiger partial charge in [-0.2, -0.15) is 0 Å². The van der Waals surface area contributed by atoms with Gasteiger partial charge in [-0.15, -0.1) is 0 Å². The number of anilines is 1. The van der Waals surface area contributed by atoms with Crippen molar-refractivity contribution in [2.75, 3.05) is 31.6 Å². The molecule has 2 amide bonds. The first-order valence-electron chi connectivity index (χ1n) is 8.84. The van der Waals surface area contributed by atoms with Crippen LogP contribution in [0.4, 0.5) is 10.5 Å². The summed E-state index contributed by atoms with van der Waals surface area (Å²) < 4.78 is 5.53. The first-order chi connectivity index (χ1) is 11.6. The van der Waals surface area contributed by atoms with Crippen molar-refractivity contribution in [2.45, 2.75) is 45.6 Å². The molecule has 1 fully saturated rings. The fourth-order valence-corrected chi connectivity index (χ4v) is 3.11. The lowest BCUT2D eigenvalue weighted by Gasteiger charge is -2.32. The molecule has 1 aromatic rings. The Bertz CT molecular complexity index is 531. The molecule has 6 heteroatoms. The van der Waals surface area contributed by atoms with Crippen LogP contribution in [0.25, 0.3) is 0 Å². The molecular formula is C18H28ClN3O2. The maximum absolute atomic E-state index is 12.1. The summed E-state index contributed by atoms with van der Waals surface area (Å²) >= 11 is 6.18. The number of ether oxygens (including phenoxy) is 1. The monoisotopic (exact) mass is 353 g/mol. The minimum atomic E-state index is -0.178. The highest BCUT2D eigenvalue weighted by Gasteiger charge is 2.20. The second kappa shape index (κ2) is 9.74. The number of benzene rings is 1. The van der Waals surface area contributed by atoms with E-state index in [0.717, 1.165) is 38.9 Å². The zero-order valence-corrected chi connectivity index (χ0v) is 15.4. The second-order valence-electron chi connectivity index (χ2n) is 6.21. The zero-order valence-electron chi connectivity index (χ0n) is 14.6. The predicted molar refractivity (Wildman–Crippen MR) is 99.1 cm³/mol. The molecule has 0 spiro atoms. The van der Waals surface area contributed by atoms with Gasteiger partial charge in [0.05, 0.1) is 11.6 Å². The molecule has 0 bridgehead atoms. The SMILES string of the molecule is CCCOc1ccc(NC(=O)NC2CCN(CCC)CC2)cc1Cl. The van der Waals surface area contributed by atoms with Crippen LogP contribution in [0.15, 0.2) is 18.2 Å². The average Bonchev–Trinajstić information content (AvgIpc) is 2.56. The Morgan fingerprint density at radius 1 is 1.29 bits per heavy atom. The van der Waals surface area contributed by atoms with E-state index in [1.807, 2.05) is 6.92 Å². The van der Waals surface area contributed by atoms with Crippen LogP contribution in [0, 0.1) is 0 Å². The Labute approximate surface area is 149 Å². The smallest absolute Gasteiger partial charge is 0.319 e. The molecule has 24 heavy (non-hydrogen) atoms. The molecule has 1 aromatic carbocycles. The van der Waals surface area contributed by atoms with Gasteiger partial charge in [0.2, 0.25) is 0 Å². The molecule has 0 aromatic heterocycles. The molecule has 1 aliphatic heterocycles. The van der Waals surface area contributed by atoms with Crippen LogP contribution >= 0.6 is 11.6 Å². The summed E-state index contributed by atoms with van der Waals surface area (Å²) in [5.74, 6) is 0.646. The van der Waals surface area contributed by atoms with Gasteiger partial charge >= 0.3 is 6.03 Å². The summed E-state index contributed by atoms with van der Waals surface area (Å²) in [6.45, 7) is 8.11. The van der Waals surface area contributed by atoms with E-state index in [2.05, 4.69) is 22.5 Å². The molecule has 1 aliphatic rings. The Kier molecular flexibility index (Phi) is 7.66. The van der Waals surface area contributed by atoms with Crippen LogP contribution in [0.3, 0.4) is 0 Å². The first kappa shape index (κ1) is 18.9. The van der Waals surface area contributed by atoms with E-state index in [-0.39, 0.29) is 12.1 Å². The van der Waals surface area contributed by atoms with Crippen LogP contribution in [0.2, 0.25) is 5.02 Å². The summed E-state index contributed by atoms with van der Waals surface area (Å²) in [6.07, 6.45) is 4.10. The minimum absolute atomic E-state index is 0.178. The van der Waals surface area contributed by atoms with E-state index in [9.17, 15) is 4.79 Å². The Balaban J connectivity index is 1.79. The summed E-state index contributed by atoms with van der Waals surface area (Å²) in [7, 11) is 0. The fourth-order valence-electron chi connectivity index (χ4n) is 2.88. The lowest BCUT2D eigenvalue weighted by molar-refractivity contribution is 0.196. The normalized spacial score (nSPS) is 16.0. The number of hydrogen-bond donors (Lipinski definition) is 2. The molecule has 134 valence electrons. The van der Waals surface area contributed by atoms with Gasteiger partial charge in [0.25, 0.3) is 0 Å². The van der Waals surface area contributed by atoms with Crippen molar-refractivity contribution in [3.05, 3.63) is 23.2 Å². The van der Waals surface area contributed by atoms with Crippen LogP contribution in [-0.2, 0) is 0 Å². The van der Waals surface area contributed by atoms with Crippen molar-refractivity contribution in [1.82, 2.24) is 10.2 Å². The molecule has 1 saturated heterocycles. The van der Waals surface area contributed by atoms with Crippen molar-refractivity contribution in [1.29, 1.82) is 0 Å². The highest BCUT2D eigenvalue weighted by molar-refractivity contribution is 6.32. The van der Waals surface area contributed by atoms with E-state index in [0.29, 0.717) is 23.1 Å². The first-order valence-corrected chi connectivity index (χ1v) is 9.22. The lowest BCUT2D eigenvalue weighted by Crippen LogP contribution is -2.46. The van der Waals surface area contributed by atoms with Crippen molar-refractivity contribution in [2.24, 2.45) is 0 Å². The Morgan fingerprint density at radius 2 is 2.04 bits per heavy atom. The topological polar surface area (TPSA) is 53.6 Å². The Morgan fingerprint density at radius 3 is 2.67 bits per heavy atom. The molecule has 0 saturated carbocycles. The highest BCUT2D eigenvalue weighted by Crippen LogP contribution is 2.27. The largest absolute Gasteiger partial charge is 0.492 e. The maximum atomic E-state index is 12.1. The van der Waals surface area contributed by atoms with Crippen LogP contribution in [-0.4, -0.2) is 43.2 Å². The highest BCUT2D eigenvalue weighted by atomic mass is 35.5. The van der Waals surface area contributed by atoms with Gasteiger partial charge in [0.1, 0.15) is 5.75 Å². The fraction of sp³-hybridized carbons (Fsp3) is 0.611. The summed E-state index contributed by atoms with van der Waals surface area (Å²) in [5, 5.41) is 6.40. The lowest BCUT2D eigenvalue weighted by atomic mass is 10.1. The average molecular weight is 354 g/mol. The van der Waals surface area contributed by atoms with Crippen molar-refractivity contribution >= 4 is 23.3 Å². The van der Waals surface area contributed by atoms with Gasteiger partial charge in [-0.3, -0.25) is 0 Å². The third kappa shape index (κ3) is 5.87. The molecule has 0 unspecified atom stereocenters. The predicted octanol–water partition coefficient (Wildman–Crippen LogP) is 4.12. The zero-order chi connectivity index (χ0) is 17.4. The van der Waals surface area contributed by atoms with Gasteiger partial charge in [-0.05, 0) is 50.4 Å². The standard InChI is InChI=1S/C18H28ClN3O2/c1-3-9-22-10-7-14(8-11-22)20-18(23)21-15-5-6-17(16(19)13-15)24-12-4-2/h5-6,13-14H,3-4,7-12H2,1-2H3,(H2,20,21,23). The Hall–Kier alpha value is -1.46. The number of piperidine rings is 1. The number of likely N-dealkylation sites (tertiary alicyclic amines) is 1. The number of hydrogen-bond acceptors (Lipinski definition) is 3. The van der Waals surface area contributed by atoms with E-state index < -0.39 is 0 Å². The number of amides is 2. The molecule has 1 heterocycles. The number of halogens is 1. The summed E-state index contributed by atoms with van der Waals surface area (Å²) in [5.41, 5.74) is 0.671. The number of nitrogens with zero attached hydrogens (tertiary/aromatic N) is 1. The van der Waals surface area contributed by atoms with Crippen molar-refractivity contribution in [3.8, 4) is 5.75 Å². The molecule has 2 N–H and O–H groups in total. The number of carbonyl (C=O) groups excluding carboxylic acids is 1. The summed E-state index contributed by atoms with van der Waals surface area (Å²) in [4.78, 5) is 14.6. The molecule has 0 radical (unpaired) electrons. The van der Waals surface area contributed by atoms with Gasteiger partial charge in [-0.1, -0.05) is 25.4 Å². The molecule has 2 rings (SSSR count). The number of nitrogens with one attached hydrogen (secondary N) is 2. The quantitative estimate of drug-likeness (QED) is 0.775. The number of rotatable bonds is 7. The van der Waals surface area contributed by atoms with Crippen LogP contribution in [0.1, 0.15) is 39.5 Å². The van der Waals surface area contributed by atoms with Gasteiger partial charge in [-0.25, -0.2) is 4.79 Å². The van der Waals surface area contributed by atoms with E-state index in [1.54, 1.807) is 18.2 Å². The summed E-state index contributed by atoms with van der Waals surface area (Å²) in [6, 6.07) is 5.37. The molecule has 5 nitrogen and oxygen atoms in total. The van der Waals surface area contributed by atoms with Gasteiger partial charge in [0.15, 0.2) is 0 Å². The molecule has 0 aliphatic carbocycles. The number of carbonyl (C=O) groups is 1. The molecule has 0 atom stereocenters. The van der Waals surface area contributed by atoms with Crippen molar-refractivity contribution in [3.63, 3.8) is 0 Å². The van der Waals surface area contributed by atoms with Gasteiger partial charge in [0, 0.05) is 24.8 Å². The van der Waals surface area contributed by atoms with E-state index >= 15 is 0 Å². The minimum Gasteiger partial charge on any atom is -0.492 e. The van der Waals surface area contributed by atoms with Crippen LogP contribution in [0.5, 0.6) is 5.75 Å². The maximum Gasteiger partial charge on any atom is 0.319 e. The van der Waals surface area contributed by atoms with Crippen molar-refractivity contribution < 1.29 is 9.53 Å². The molecular weight excluding hydrogens is 326 g/mol. The second-order valence-corrected chi connectivity index (χ2v) is 6.62. The van der Waals surface area contributed by atoms with Gasteiger partial charge < -0.3 is 20.3 Å². The third-order valence-corrected chi connectivity index (χ3v) is 4.41. The van der Waals surface area contributed by atoms with E-state index in [1.165, 1.54) is 6.42 Å². The van der Waals surface area contributed by atoms with Crippen LogP contribution < -0.4 is 15.4 Å².